The molecule has 1 heterocycles. The number of thioether (sulfide) groups is 1. The first-order chi connectivity index (χ1) is 8.63. The Bertz CT molecular complexity index is 475. The zero-order valence-corrected chi connectivity index (χ0v) is 10.9. The van der Waals surface area contributed by atoms with Crippen molar-refractivity contribution in [1.82, 2.24) is 0 Å². The van der Waals surface area contributed by atoms with Crippen molar-refractivity contribution >= 4 is 29.3 Å². The number of hydrogen-bond donors (Lipinski definition) is 1. The molecule has 5 heteroatoms. The first-order valence-corrected chi connectivity index (χ1v) is 6.84. The van der Waals surface area contributed by atoms with E-state index in [9.17, 15) is 9.59 Å². The first kappa shape index (κ1) is 13.1. The van der Waals surface area contributed by atoms with Crippen molar-refractivity contribution in [2.75, 3.05) is 17.3 Å². The van der Waals surface area contributed by atoms with E-state index >= 15 is 0 Å². The van der Waals surface area contributed by atoms with Gasteiger partial charge in [-0.2, -0.15) is 0 Å². The van der Waals surface area contributed by atoms with Gasteiger partial charge in [0.25, 0.3) is 0 Å². The Balaban J connectivity index is 2.19. The molecule has 96 valence electrons. The van der Waals surface area contributed by atoms with Crippen molar-refractivity contribution in [1.29, 1.82) is 0 Å². The maximum atomic E-state index is 12.1. The molecule has 2 rings (SSSR count). The Kier molecular flexibility index (Phi) is 4.04. The summed E-state index contributed by atoms with van der Waals surface area (Å²) in [6.45, 7) is 1.94. The van der Waals surface area contributed by atoms with Gasteiger partial charge < -0.3 is 5.11 Å². The highest BCUT2D eigenvalue weighted by Gasteiger charge is 2.39. The minimum Gasteiger partial charge on any atom is -0.396 e. The van der Waals surface area contributed by atoms with Gasteiger partial charge in [0.2, 0.25) is 11.8 Å². The van der Waals surface area contributed by atoms with E-state index in [2.05, 4.69) is 0 Å². The van der Waals surface area contributed by atoms with Gasteiger partial charge in [-0.1, -0.05) is 12.1 Å². The summed E-state index contributed by atoms with van der Waals surface area (Å²) >= 11 is 1.34. The second-order valence-corrected chi connectivity index (χ2v) is 5.50. The van der Waals surface area contributed by atoms with Crippen LogP contribution in [0.2, 0.25) is 0 Å². The number of carbonyl (C=O) groups excluding carboxylic acids is 2. The summed E-state index contributed by atoms with van der Waals surface area (Å²) in [7, 11) is 0. The van der Waals surface area contributed by atoms with Gasteiger partial charge in [0.05, 0.1) is 17.5 Å². The lowest BCUT2D eigenvalue weighted by atomic mass is 10.2. The van der Waals surface area contributed by atoms with Gasteiger partial charge in [-0.15, -0.1) is 11.8 Å². The summed E-state index contributed by atoms with van der Waals surface area (Å²) in [6.07, 6.45) is 0.220. The van der Waals surface area contributed by atoms with E-state index in [1.165, 1.54) is 16.7 Å². The van der Waals surface area contributed by atoms with Crippen LogP contribution in [0.25, 0.3) is 0 Å². The van der Waals surface area contributed by atoms with Gasteiger partial charge in [-0.25, -0.2) is 4.90 Å². The van der Waals surface area contributed by atoms with Crippen LogP contribution in [-0.4, -0.2) is 34.5 Å². The molecule has 0 radical (unpaired) electrons. The van der Waals surface area contributed by atoms with Crippen LogP contribution in [0.15, 0.2) is 24.3 Å². The van der Waals surface area contributed by atoms with Crippen LogP contribution < -0.4 is 4.90 Å². The summed E-state index contributed by atoms with van der Waals surface area (Å²) in [5.41, 5.74) is 1.65. The normalized spacial score (nSPS) is 19.7. The first-order valence-electron chi connectivity index (χ1n) is 5.79. The fraction of sp³-hybridized carbons (Fsp3) is 0.385. The molecular weight excluding hydrogens is 250 g/mol. The average Bonchev–Trinajstić information content (AvgIpc) is 2.62. The number of aliphatic hydroxyl groups is 1. The van der Waals surface area contributed by atoms with Crippen LogP contribution in [-0.2, 0) is 9.59 Å². The van der Waals surface area contributed by atoms with Gasteiger partial charge in [0, 0.05) is 12.2 Å². The Morgan fingerprint density at radius 1 is 1.44 bits per heavy atom. The second-order valence-electron chi connectivity index (χ2n) is 4.19. The zero-order valence-electron chi connectivity index (χ0n) is 10.1. The smallest absolute Gasteiger partial charge is 0.247 e. The molecule has 1 fully saturated rings. The Morgan fingerprint density at radius 2 is 2.22 bits per heavy atom. The maximum absolute atomic E-state index is 12.1. The number of nitrogens with zero attached hydrogens (tertiary/aromatic N) is 1. The molecule has 1 aromatic rings. The lowest BCUT2D eigenvalue weighted by Gasteiger charge is -2.15. The lowest BCUT2D eigenvalue weighted by molar-refractivity contribution is -0.121. The SMILES string of the molecule is Cc1cccc(N2C(=O)CC(SCCO)C2=O)c1. The molecule has 1 atom stereocenters. The van der Waals surface area contributed by atoms with Crippen LogP contribution in [0.1, 0.15) is 12.0 Å². The number of benzene rings is 1. The molecule has 1 aliphatic rings. The van der Waals surface area contributed by atoms with E-state index in [0.29, 0.717) is 11.4 Å². The highest BCUT2D eigenvalue weighted by Crippen LogP contribution is 2.29. The number of aliphatic hydroxyl groups excluding tert-OH is 1. The summed E-state index contributed by atoms with van der Waals surface area (Å²) in [5, 5.41) is 8.41. The van der Waals surface area contributed by atoms with Gasteiger partial charge in [0.15, 0.2) is 0 Å². The minimum absolute atomic E-state index is 0.0209. The Hall–Kier alpha value is -1.33. The van der Waals surface area contributed by atoms with Gasteiger partial charge in [-0.3, -0.25) is 9.59 Å². The summed E-state index contributed by atoms with van der Waals surface area (Å²) in [4.78, 5) is 25.3. The van der Waals surface area contributed by atoms with Crippen LogP contribution in [0.5, 0.6) is 0 Å². The Labute approximate surface area is 110 Å². The second kappa shape index (κ2) is 5.54. The van der Waals surface area contributed by atoms with Crippen LogP contribution >= 0.6 is 11.8 Å². The summed E-state index contributed by atoms with van der Waals surface area (Å²) in [6, 6.07) is 7.35. The number of carbonyl (C=O) groups is 2. The summed E-state index contributed by atoms with van der Waals surface area (Å²) in [5.74, 6) is 0.135. The molecule has 1 saturated heterocycles. The number of imide groups is 1. The van der Waals surface area contributed by atoms with Crippen molar-refractivity contribution in [3.63, 3.8) is 0 Å². The average molecular weight is 265 g/mol. The molecular formula is C13H15NO3S. The predicted octanol–water partition coefficient (Wildman–Crippen LogP) is 1.35. The molecule has 4 nitrogen and oxygen atoms in total. The van der Waals surface area contributed by atoms with Gasteiger partial charge >= 0.3 is 0 Å². The highest BCUT2D eigenvalue weighted by molar-refractivity contribution is 8.00. The molecule has 1 aromatic carbocycles. The third-order valence-corrected chi connectivity index (χ3v) is 3.96. The van der Waals surface area contributed by atoms with Crippen molar-refractivity contribution < 1.29 is 14.7 Å². The van der Waals surface area contributed by atoms with Crippen molar-refractivity contribution in [3.8, 4) is 0 Å². The van der Waals surface area contributed by atoms with Crippen LogP contribution in [0.3, 0.4) is 0 Å². The van der Waals surface area contributed by atoms with Crippen molar-refractivity contribution in [3.05, 3.63) is 29.8 Å². The van der Waals surface area contributed by atoms with E-state index in [-0.39, 0.29) is 30.1 Å². The lowest BCUT2D eigenvalue weighted by Crippen LogP contribution is -2.31. The number of rotatable bonds is 4. The molecule has 0 spiro atoms. The number of amides is 2. The topological polar surface area (TPSA) is 57.6 Å². The van der Waals surface area contributed by atoms with Gasteiger partial charge in [-0.05, 0) is 24.6 Å². The number of anilines is 1. The van der Waals surface area contributed by atoms with E-state index in [1.54, 1.807) is 6.07 Å². The van der Waals surface area contributed by atoms with Crippen LogP contribution in [0, 0.1) is 6.92 Å². The Morgan fingerprint density at radius 3 is 2.89 bits per heavy atom. The molecule has 2 amide bonds. The number of hydrogen-bond acceptors (Lipinski definition) is 4. The molecule has 1 aliphatic heterocycles. The molecule has 0 aliphatic carbocycles. The third-order valence-electron chi connectivity index (χ3n) is 2.78. The molecule has 0 saturated carbocycles. The third kappa shape index (κ3) is 2.57. The molecule has 0 aromatic heterocycles. The largest absolute Gasteiger partial charge is 0.396 e. The molecule has 0 bridgehead atoms. The minimum atomic E-state index is -0.356. The van der Waals surface area contributed by atoms with Crippen molar-refractivity contribution in [2.24, 2.45) is 0 Å². The standard InChI is InChI=1S/C13H15NO3S/c1-9-3-2-4-10(7-9)14-12(16)8-11(13(14)17)18-6-5-15/h2-4,7,11,15H,5-6,8H2,1H3. The fourth-order valence-corrected chi connectivity index (χ4v) is 2.87. The highest BCUT2D eigenvalue weighted by atomic mass is 32.2. The van der Waals surface area contributed by atoms with E-state index in [1.807, 2.05) is 25.1 Å². The monoisotopic (exact) mass is 265 g/mol. The zero-order chi connectivity index (χ0) is 13.1. The molecule has 1 N–H and O–H groups in total. The quantitative estimate of drug-likeness (QED) is 0.835. The van der Waals surface area contributed by atoms with Crippen molar-refractivity contribution in [2.45, 2.75) is 18.6 Å². The maximum Gasteiger partial charge on any atom is 0.247 e. The van der Waals surface area contributed by atoms with Gasteiger partial charge in [0.1, 0.15) is 0 Å². The molecule has 1 unspecified atom stereocenters. The molecule has 18 heavy (non-hydrogen) atoms. The van der Waals surface area contributed by atoms with E-state index in [4.69, 9.17) is 5.11 Å². The van der Waals surface area contributed by atoms with E-state index in [0.717, 1.165) is 5.56 Å². The predicted molar refractivity (Wildman–Crippen MR) is 71.6 cm³/mol. The van der Waals surface area contributed by atoms with Crippen LogP contribution in [0.4, 0.5) is 5.69 Å². The van der Waals surface area contributed by atoms with E-state index < -0.39 is 0 Å². The fourth-order valence-electron chi connectivity index (χ4n) is 1.97. The number of aryl methyl sites for hydroxylation is 1. The summed E-state index contributed by atoms with van der Waals surface area (Å²) < 4.78 is 0.